The molecule has 0 fully saturated rings. The van der Waals surface area contributed by atoms with Crippen molar-refractivity contribution in [1.82, 2.24) is 0 Å². The second-order valence-electron chi connectivity index (χ2n) is 4.38. The number of benzene rings is 2. The lowest BCUT2D eigenvalue weighted by Crippen LogP contribution is -2.15. The van der Waals surface area contributed by atoms with Crippen molar-refractivity contribution in [3.63, 3.8) is 0 Å². The normalized spacial score (nSPS) is 10.2. The summed E-state index contributed by atoms with van der Waals surface area (Å²) in [7, 11) is 1.74. The summed E-state index contributed by atoms with van der Waals surface area (Å²) in [4.78, 5) is 12.2. The highest BCUT2D eigenvalue weighted by Gasteiger charge is 2.13. The Hall–Kier alpha value is -1.88. The van der Waals surface area contributed by atoms with Crippen LogP contribution in [-0.4, -0.2) is 13.0 Å². The molecular weight excluding hydrogens is 323 g/mol. The maximum absolute atomic E-state index is 13.6. The molecule has 5 heteroatoms. The van der Waals surface area contributed by atoms with Gasteiger partial charge in [-0.05, 0) is 42.8 Å². The first-order valence-electron chi connectivity index (χ1n) is 6.06. The van der Waals surface area contributed by atoms with Crippen LogP contribution >= 0.6 is 15.9 Å². The van der Waals surface area contributed by atoms with Crippen molar-refractivity contribution in [2.24, 2.45) is 0 Å². The Morgan fingerprint density at radius 2 is 1.90 bits per heavy atom. The van der Waals surface area contributed by atoms with E-state index in [2.05, 4.69) is 26.6 Å². The summed E-state index contributed by atoms with van der Waals surface area (Å²) in [6.45, 7) is 1.94. The van der Waals surface area contributed by atoms with Gasteiger partial charge in [0.05, 0.1) is 11.3 Å². The molecule has 0 aromatic heterocycles. The SMILES string of the molecule is CNc1cc(C)ccc1C(=O)Nc1cc(Br)ccc1F. The minimum atomic E-state index is -0.473. The van der Waals surface area contributed by atoms with Gasteiger partial charge >= 0.3 is 0 Å². The summed E-state index contributed by atoms with van der Waals surface area (Å²) in [5.41, 5.74) is 2.36. The highest BCUT2D eigenvalue weighted by Crippen LogP contribution is 2.23. The maximum atomic E-state index is 13.6. The number of carbonyl (C=O) groups is 1. The molecule has 0 radical (unpaired) electrons. The second kappa shape index (κ2) is 6.05. The first kappa shape index (κ1) is 14.5. The highest BCUT2D eigenvalue weighted by molar-refractivity contribution is 9.10. The Balaban J connectivity index is 2.30. The third-order valence-electron chi connectivity index (χ3n) is 2.87. The van der Waals surface area contributed by atoms with Gasteiger partial charge in [-0.3, -0.25) is 4.79 Å². The Morgan fingerprint density at radius 3 is 2.60 bits per heavy atom. The van der Waals surface area contributed by atoms with Gasteiger partial charge in [-0.25, -0.2) is 4.39 Å². The van der Waals surface area contributed by atoms with Crippen LogP contribution in [0.25, 0.3) is 0 Å². The number of hydrogen-bond acceptors (Lipinski definition) is 2. The predicted molar refractivity (Wildman–Crippen MR) is 82.8 cm³/mol. The fourth-order valence-corrected chi connectivity index (χ4v) is 2.21. The smallest absolute Gasteiger partial charge is 0.257 e. The molecule has 104 valence electrons. The van der Waals surface area contributed by atoms with E-state index in [9.17, 15) is 9.18 Å². The van der Waals surface area contributed by atoms with E-state index in [1.807, 2.05) is 19.1 Å². The minimum Gasteiger partial charge on any atom is -0.387 e. The zero-order valence-corrected chi connectivity index (χ0v) is 12.7. The lowest BCUT2D eigenvalue weighted by atomic mass is 10.1. The quantitative estimate of drug-likeness (QED) is 0.882. The van der Waals surface area contributed by atoms with Crippen molar-refractivity contribution in [2.75, 3.05) is 17.7 Å². The molecule has 3 nitrogen and oxygen atoms in total. The molecule has 0 heterocycles. The second-order valence-corrected chi connectivity index (χ2v) is 5.29. The van der Waals surface area contributed by atoms with Crippen molar-refractivity contribution in [2.45, 2.75) is 6.92 Å². The Labute approximate surface area is 125 Å². The molecule has 0 atom stereocenters. The monoisotopic (exact) mass is 336 g/mol. The number of nitrogens with one attached hydrogen (secondary N) is 2. The molecule has 0 saturated carbocycles. The van der Waals surface area contributed by atoms with Crippen LogP contribution in [-0.2, 0) is 0 Å². The Morgan fingerprint density at radius 1 is 1.15 bits per heavy atom. The summed E-state index contributed by atoms with van der Waals surface area (Å²) < 4.78 is 14.3. The predicted octanol–water partition coefficient (Wildman–Crippen LogP) is 4.19. The van der Waals surface area contributed by atoms with Crippen molar-refractivity contribution in [3.8, 4) is 0 Å². The van der Waals surface area contributed by atoms with Crippen LogP contribution in [0.5, 0.6) is 0 Å². The zero-order chi connectivity index (χ0) is 14.7. The fourth-order valence-electron chi connectivity index (χ4n) is 1.85. The van der Waals surface area contributed by atoms with E-state index in [1.165, 1.54) is 12.1 Å². The highest BCUT2D eigenvalue weighted by atomic mass is 79.9. The van der Waals surface area contributed by atoms with Crippen LogP contribution in [0.2, 0.25) is 0 Å². The molecule has 0 unspecified atom stereocenters. The number of carbonyl (C=O) groups excluding carboxylic acids is 1. The standard InChI is InChI=1S/C15H14BrFN2O/c1-9-3-5-11(13(7-9)18-2)15(20)19-14-8-10(16)4-6-12(14)17/h3-8,18H,1-2H3,(H,19,20). The van der Waals surface area contributed by atoms with Crippen molar-refractivity contribution in [1.29, 1.82) is 0 Å². The van der Waals surface area contributed by atoms with Gasteiger partial charge in [-0.1, -0.05) is 22.0 Å². The van der Waals surface area contributed by atoms with Crippen LogP contribution in [0.3, 0.4) is 0 Å². The van der Waals surface area contributed by atoms with E-state index in [0.29, 0.717) is 15.7 Å². The molecule has 2 aromatic carbocycles. The topological polar surface area (TPSA) is 41.1 Å². The zero-order valence-electron chi connectivity index (χ0n) is 11.1. The van der Waals surface area contributed by atoms with E-state index >= 15 is 0 Å². The van der Waals surface area contributed by atoms with E-state index in [1.54, 1.807) is 19.2 Å². The molecule has 2 aromatic rings. The number of anilines is 2. The van der Waals surface area contributed by atoms with Gasteiger partial charge in [0.1, 0.15) is 5.82 Å². The summed E-state index contributed by atoms with van der Waals surface area (Å²) >= 11 is 3.25. The van der Waals surface area contributed by atoms with Crippen molar-refractivity contribution in [3.05, 3.63) is 57.8 Å². The number of amides is 1. The molecule has 2 rings (SSSR count). The summed E-state index contributed by atoms with van der Waals surface area (Å²) in [5, 5.41) is 5.54. The number of aryl methyl sites for hydroxylation is 1. The molecular formula is C15H14BrFN2O. The minimum absolute atomic E-state index is 0.145. The number of rotatable bonds is 3. The molecule has 2 N–H and O–H groups in total. The van der Waals surface area contributed by atoms with Crippen LogP contribution in [0.15, 0.2) is 40.9 Å². The van der Waals surface area contributed by atoms with Gasteiger partial charge in [0.15, 0.2) is 0 Å². The van der Waals surface area contributed by atoms with E-state index in [0.717, 1.165) is 5.56 Å². The van der Waals surface area contributed by atoms with Crippen molar-refractivity contribution < 1.29 is 9.18 Å². The van der Waals surface area contributed by atoms with Gasteiger partial charge in [0.25, 0.3) is 5.91 Å². The molecule has 0 aliphatic carbocycles. The lowest BCUT2D eigenvalue weighted by molar-refractivity contribution is 0.102. The molecule has 0 saturated heterocycles. The van der Waals surface area contributed by atoms with Crippen LogP contribution in [0, 0.1) is 12.7 Å². The van der Waals surface area contributed by atoms with Crippen LogP contribution < -0.4 is 10.6 Å². The fraction of sp³-hybridized carbons (Fsp3) is 0.133. The first-order valence-corrected chi connectivity index (χ1v) is 6.85. The van der Waals surface area contributed by atoms with E-state index in [4.69, 9.17) is 0 Å². The molecule has 0 aliphatic heterocycles. The van der Waals surface area contributed by atoms with Crippen molar-refractivity contribution >= 4 is 33.2 Å². The van der Waals surface area contributed by atoms with Crippen LogP contribution in [0.4, 0.5) is 15.8 Å². The largest absolute Gasteiger partial charge is 0.387 e. The first-order chi connectivity index (χ1) is 9.51. The average molecular weight is 337 g/mol. The molecule has 1 amide bonds. The van der Waals surface area contributed by atoms with Gasteiger partial charge in [-0.15, -0.1) is 0 Å². The Kier molecular flexibility index (Phi) is 4.39. The molecule has 0 aliphatic rings. The van der Waals surface area contributed by atoms with Gasteiger partial charge in [-0.2, -0.15) is 0 Å². The number of hydrogen-bond donors (Lipinski definition) is 2. The van der Waals surface area contributed by atoms with Gasteiger partial charge < -0.3 is 10.6 Å². The van der Waals surface area contributed by atoms with E-state index in [-0.39, 0.29) is 11.6 Å². The third-order valence-corrected chi connectivity index (χ3v) is 3.36. The average Bonchev–Trinajstić information content (AvgIpc) is 2.42. The molecule has 0 bridgehead atoms. The molecule has 20 heavy (non-hydrogen) atoms. The van der Waals surface area contributed by atoms with Crippen LogP contribution in [0.1, 0.15) is 15.9 Å². The summed E-state index contributed by atoms with van der Waals surface area (Å²) in [6, 6.07) is 9.83. The summed E-state index contributed by atoms with van der Waals surface area (Å²) in [5.74, 6) is -0.828. The maximum Gasteiger partial charge on any atom is 0.257 e. The molecule has 0 spiro atoms. The third kappa shape index (κ3) is 3.17. The van der Waals surface area contributed by atoms with E-state index < -0.39 is 5.82 Å². The van der Waals surface area contributed by atoms with Gasteiger partial charge in [0, 0.05) is 17.2 Å². The number of halogens is 2. The van der Waals surface area contributed by atoms with Gasteiger partial charge in [0.2, 0.25) is 0 Å². The Bertz CT molecular complexity index is 658. The summed E-state index contributed by atoms with van der Waals surface area (Å²) in [6.07, 6.45) is 0. The lowest BCUT2D eigenvalue weighted by Gasteiger charge is -2.11.